The maximum atomic E-state index is 13.9. The summed E-state index contributed by atoms with van der Waals surface area (Å²) >= 11 is 0. The number of nitrogens with one attached hydrogen (secondary N) is 1. The van der Waals surface area contributed by atoms with Gasteiger partial charge >= 0.3 is 0 Å². The molecule has 0 heterocycles. The Bertz CT molecular complexity index is 1390. The molecule has 0 spiro atoms. The van der Waals surface area contributed by atoms with Crippen LogP contribution in [0.2, 0.25) is 0 Å². The number of rotatable bonds is 11. The van der Waals surface area contributed by atoms with Crippen LogP contribution < -0.4 is 14.4 Å². The predicted molar refractivity (Wildman–Crippen MR) is 153 cm³/mol. The molecule has 9 heteroatoms. The number of anilines is 1. The molecule has 0 aliphatic rings. The van der Waals surface area contributed by atoms with Crippen molar-refractivity contribution in [3.8, 4) is 5.75 Å². The fraction of sp³-hybridized carbons (Fsp3) is 0.333. The Balaban J connectivity index is 2.04. The van der Waals surface area contributed by atoms with Crippen LogP contribution in [0.3, 0.4) is 0 Å². The first-order chi connectivity index (χ1) is 18.5. The highest BCUT2D eigenvalue weighted by atomic mass is 32.2. The lowest BCUT2D eigenvalue weighted by Gasteiger charge is -2.32. The van der Waals surface area contributed by atoms with E-state index in [2.05, 4.69) is 19.2 Å². The van der Waals surface area contributed by atoms with Gasteiger partial charge in [0.25, 0.3) is 10.0 Å². The molecule has 8 nitrogen and oxygen atoms in total. The van der Waals surface area contributed by atoms with Gasteiger partial charge in [0.05, 0.1) is 17.7 Å². The highest BCUT2D eigenvalue weighted by Gasteiger charge is 2.32. The van der Waals surface area contributed by atoms with Crippen molar-refractivity contribution in [3.05, 3.63) is 89.5 Å². The SMILES string of the molecule is CNC(=O)[C@H](C)N(Cc1cccc(OC)c1)C(=O)CN(c1ccc(C(C)C)cc1)S(=O)(=O)c1ccc(C)cc1. The molecule has 0 bridgehead atoms. The topological polar surface area (TPSA) is 96.0 Å². The quantitative estimate of drug-likeness (QED) is 0.379. The van der Waals surface area contributed by atoms with E-state index in [9.17, 15) is 18.0 Å². The second-order valence-corrected chi connectivity index (χ2v) is 11.6. The van der Waals surface area contributed by atoms with Gasteiger partial charge in [-0.15, -0.1) is 0 Å². The fourth-order valence-electron chi connectivity index (χ4n) is 4.15. The highest BCUT2D eigenvalue weighted by molar-refractivity contribution is 7.92. The molecular formula is C30H37N3O5S. The third-order valence-electron chi connectivity index (χ3n) is 6.64. The van der Waals surface area contributed by atoms with Gasteiger partial charge in [0, 0.05) is 13.6 Å². The molecule has 1 N–H and O–H groups in total. The fourth-order valence-corrected chi connectivity index (χ4v) is 5.56. The smallest absolute Gasteiger partial charge is 0.264 e. The number of methoxy groups -OCH3 is 1. The second kappa shape index (κ2) is 12.8. The Kier molecular flexibility index (Phi) is 9.75. The summed E-state index contributed by atoms with van der Waals surface area (Å²) in [7, 11) is -1.06. The molecule has 3 rings (SSSR count). The van der Waals surface area contributed by atoms with Gasteiger partial charge in [-0.3, -0.25) is 13.9 Å². The zero-order chi connectivity index (χ0) is 28.7. The number of ether oxygens (including phenoxy) is 1. The summed E-state index contributed by atoms with van der Waals surface area (Å²) in [6.07, 6.45) is 0. The summed E-state index contributed by atoms with van der Waals surface area (Å²) in [6, 6.07) is 20.0. The second-order valence-electron chi connectivity index (χ2n) is 9.73. The average molecular weight is 552 g/mol. The van der Waals surface area contributed by atoms with Crippen molar-refractivity contribution in [1.82, 2.24) is 10.2 Å². The molecule has 0 aliphatic heterocycles. The molecule has 0 aliphatic carbocycles. The Morgan fingerprint density at radius 1 is 0.949 bits per heavy atom. The summed E-state index contributed by atoms with van der Waals surface area (Å²) in [5.74, 6) is -0.00562. The number of sulfonamides is 1. The van der Waals surface area contributed by atoms with Crippen molar-refractivity contribution in [2.75, 3.05) is 25.0 Å². The molecule has 0 saturated carbocycles. The van der Waals surface area contributed by atoms with E-state index in [1.165, 1.54) is 24.1 Å². The van der Waals surface area contributed by atoms with Gasteiger partial charge in [-0.2, -0.15) is 0 Å². The third-order valence-corrected chi connectivity index (χ3v) is 8.42. The van der Waals surface area contributed by atoms with Crippen molar-refractivity contribution >= 4 is 27.5 Å². The van der Waals surface area contributed by atoms with Crippen molar-refractivity contribution in [1.29, 1.82) is 0 Å². The van der Waals surface area contributed by atoms with E-state index >= 15 is 0 Å². The van der Waals surface area contributed by atoms with Crippen molar-refractivity contribution in [2.24, 2.45) is 0 Å². The lowest BCUT2D eigenvalue weighted by molar-refractivity contribution is -0.139. The minimum atomic E-state index is -4.10. The number of hydrogen-bond acceptors (Lipinski definition) is 5. The van der Waals surface area contributed by atoms with Gasteiger partial charge in [0.2, 0.25) is 11.8 Å². The van der Waals surface area contributed by atoms with Crippen LogP contribution >= 0.6 is 0 Å². The van der Waals surface area contributed by atoms with E-state index < -0.39 is 28.5 Å². The summed E-state index contributed by atoms with van der Waals surface area (Å²) in [6.45, 7) is 7.20. The summed E-state index contributed by atoms with van der Waals surface area (Å²) < 4.78 is 34.2. The molecule has 3 aromatic carbocycles. The van der Waals surface area contributed by atoms with Gasteiger partial charge in [0.1, 0.15) is 18.3 Å². The lowest BCUT2D eigenvalue weighted by atomic mass is 10.0. The van der Waals surface area contributed by atoms with E-state index in [1.54, 1.807) is 56.5 Å². The lowest BCUT2D eigenvalue weighted by Crippen LogP contribution is -2.50. The third kappa shape index (κ3) is 7.17. The molecule has 0 unspecified atom stereocenters. The van der Waals surface area contributed by atoms with Gasteiger partial charge < -0.3 is 15.0 Å². The first-order valence-corrected chi connectivity index (χ1v) is 14.2. The summed E-state index contributed by atoms with van der Waals surface area (Å²) in [4.78, 5) is 27.9. The molecule has 1 atom stereocenters. The number of benzene rings is 3. The molecule has 39 heavy (non-hydrogen) atoms. The van der Waals surface area contributed by atoms with E-state index in [4.69, 9.17) is 4.74 Å². The molecule has 0 fully saturated rings. The van der Waals surface area contributed by atoms with Crippen LogP contribution in [0.4, 0.5) is 5.69 Å². The van der Waals surface area contributed by atoms with E-state index in [-0.39, 0.29) is 23.3 Å². The summed E-state index contributed by atoms with van der Waals surface area (Å²) in [5.41, 5.74) is 3.07. The average Bonchev–Trinajstić information content (AvgIpc) is 2.94. The number of amides is 2. The minimum Gasteiger partial charge on any atom is -0.497 e. The number of aryl methyl sites for hydroxylation is 1. The molecule has 0 radical (unpaired) electrons. The van der Waals surface area contributed by atoms with Crippen LogP contribution in [0.25, 0.3) is 0 Å². The van der Waals surface area contributed by atoms with Crippen molar-refractivity contribution in [2.45, 2.75) is 51.1 Å². The van der Waals surface area contributed by atoms with Gasteiger partial charge in [-0.25, -0.2) is 8.42 Å². The standard InChI is InChI=1S/C30H37N3O5S/c1-21(2)25-12-14-26(15-13-25)33(39(36,37)28-16-10-22(3)11-17-28)20-29(34)32(23(4)30(35)31-5)19-24-8-7-9-27(18-24)38-6/h7-18,21,23H,19-20H2,1-6H3,(H,31,35)/t23-/m0/s1. The van der Waals surface area contributed by atoms with Crippen LogP contribution in [-0.2, 0) is 26.2 Å². The molecule has 208 valence electrons. The molecule has 2 amide bonds. The Morgan fingerprint density at radius 2 is 1.59 bits per heavy atom. The maximum Gasteiger partial charge on any atom is 0.264 e. The number of nitrogens with zero attached hydrogens (tertiary/aromatic N) is 2. The van der Waals surface area contributed by atoms with Gasteiger partial charge in [0.15, 0.2) is 0 Å². The monoisotopic (exact) mass is 551 g/mol. The molecule has 0 saturated heterocycles. The predicted octanol–water partition coefficient (Wildman–Crippen LogP) is 4.49. The van der Waals surface area contributed by atoms with Crippen molar-refractivity contribution in [3.63, 3.8) is 0 Å². The van der Waals surface area contributed by atoms with Crippen LogP contribution in [0, 0.1) is 6.92 Å². The highest BCUT2D eigenvalue weighted by Crippen LogP contribution is 2.27. The maximum absolute atomic E-state index is 13.9. The first kappa shape index (κ1) is 29.7. The minimum absolute atomic E-state index is 0.0764. The Morgan fingerprint density at radius 3 is 2.15 bits per heavy atom. The summed E-state index contributed by atoms with van der Waals surface area (Å²) in [5, 5.41) is 2.58. The largest absolute Gasteiger partial charge is 0.497 e. The van der Waals surface area contributed by atoms with Crippen molar-refractivity contribution < 1.29 is 22.7 Å². The van der Waals surface area contributed by atoms with E-state index in [0.717, 1.165) is 21.0 Å². The molecule has 0 aromatic heterocycles. The number of likely N-dealkylation sites (N-methyl/N-ethyl adjacent to an activating group) is 1. The van der Waals surface area contributed by atoms with Crippen LogP contribution in [0.15, 0.2) is 77.7 Å². The van der Waals surface area contributed by atoms with Gasteiger partial charge in [-0.05, 0) is 67.3 Å². The molecule has 3 aromatic rings. The zero-order valence-electron chi connectivity index (χ0n) is 23.3. The number of hydrogen-bond donors (Lipinski definition) is 1. The Hall–Kier alpha value is -3.85. The van der Waals surface area contributed by atoms with E-state index in [0.29, 0.717) is 11.4 Å². The number of carbonyl (C=O) groups excluding carboxylic acids is 2. The van der Waals surface area contributed by atoms with Crippen LogP contribution in [-0.4, -0.2) is 51.9 Å². The normalized spacial score (nSPS) is 12.1. The van der Waals surface area contributed by atoms with Gasteiger partial charge in [-0.1, -0.05) is 55.8 Å². The van der Waals surface area contributed by atoms with Crippen LogP contribution in [0.5, 0.6) is 5.75 Å². The van der Waals surface area contributed by atoms with E-state index in [1.807, 2.05) is 25.1 Å². The zero-order valence-corrected chi connectivity index (χ0v) is 24.2. The number of carbonyl (C=O) groups is 2. The Labute approximate surface area is 231 Å². The molecular weight excluding hydrogens is 514 g/mol. The van der Waals surface area contributed by atoms with Crippen LogP contribution in [0.1, 0.15) is 43.4 Å². The first-order valence-electron chi connectivity index (χ1n) is 12.8.